The number of amides is 1. The average Bonchev–Trinajstić information content (AvgIpc) is 3.29. The van der Waals surface area contributed by atoms with Crippen LogP contribution in [0.15, 0.2) is 83.8 Å². The normalized spacial score (nSPS) is 12.7. The molecule has 7 nitrogen and oxygen atoms in total. The average molecular weight is 477 g/mol. The van der Waals surface area contributed by atoms with Crippen LogP contribution in [0.5, 0.6) is 0 Å². The van der Waals surface area contributed by atoms with Gasteiger partial charge in [-0.3, -0.25) is 4.79 Å². The molecule has 0 radical (unpaired) electrons. The van der Waals surface area contributed by atoms with Crippen LogP contribution in [0, 0.1) is 0 Å². The van der Waals surface area contributed by atoms with Gasteiger partial charge in [-0.15, -0.1) is 0 Å². The van der Waals surface area contributed by atoms with Crippen molar-refractivity contribution in [3.63, 3.8) is 0 Å². The van der Waals surface area contributed by atoms with E-state index in [4.69, 9.17) is 0 Å². The summed E-state index contributed by atoms with van der Waals surface area (Å²) in [6.45, 7) is 4.38. The van der Waals surface area contributed by atoms with Crippen LogP contribution in [0.2, 0.25) is 0 Å². The van der Waals surface area contributed by atoms with E-state index in [0.29, 0.717) is 30.9 Å². The molecule has 0 unspecified atom stereocenters. The zero-order valence-electron chi connectivity index (χ0n) is 19.2. The lowest BCUT2D eigenvalue weighted by Crippen LogP contribution is -2.31. The van der Waals surface area contributed by atoms with Crippen LogP contribution in [-0.4, -0.2) is 41.7 Å². The Morgan fingerprint density at radius 1 is 0.941 bits per heavy atom. The summed E-state index contributed by atoms with van der Waals surface area (Å²) in [5.74, 6) is 0.368. The number of hydrogen-bond acceptors (Lipinski definition) is 4. The number of nitrogens with one attached hydrogen (secondary N) is 2. The SMILES string of the molecule is CCN(CC)S(=O)(=O)c1ccc(C(=O)N[C@@H](Cc2ccccc2)c2nc3ccccc3[nH]2)cc1. The van der Waals surface area contributed by atoms with Crippen molar-refractivity contribution < 1.29 is 13.2 Å². The molecule has 0 saturated heterocycles. The van der Waals surface area contributed by atoms with Gasteiger partial charge in [0.25, 0.3) is 5.91 Å². The van der Waals surface area contributed by atoms with Gasteiger partial charge in [-0.1, -0.05) is 56.3 Å². The quantitative estimate of drug-likeness (QED) is 0.376. The van der Waals surface area contributed by atoms with Gasteiger partial charge < -0.3 is 10.3 Å². The maximum Gasteiger partial charge on any atom is 0.251 e. The molecule has 0 saturated carbocycles. The predicted octanol–water partition coefficient (Wildman–Crippen LogP) is 4.31. The third-order valence-corrected chi connectivity index (χ3v) is 7.85. The number of aromatic amines is 1. The minimum atomic E-state index is -3.58. The monoisotopic (exact) mass is 476 g/mol. The second-order valence-electron chi connectivity index (χ2n) is 7.97. The second kappa shape index (κ2) is 10.2. The summed E-state index contributed by atoms with van der Waals surface area (Å²) < 4.78 is 26.9. The molecule has 4 rings (SSSR count). The van der Waals surface area contributed by atoms with Crippen molar-refractivity contribution in [3.05, 3.63) is 95.8 Å². The summed E-state index contributed by atoms with van der Waals surface area (Å²) in [5.41, 5.74) is 3.17. The fourth-order valence-electron chi connectivity index (χ4n) is 3.94. The molecule has 8 heteroatoms. The van der Waals surface area contributed by atoms with Crippen LogP contribution in [0.3, 0.4) is 0 Å². The van der Waals surface area contributed by atoms with E-state index < -0.39 is 10.0 Å². The van der Waals surface area contributed by atoms with Crippen LogP contribution in [0.1, 0.15) is 41.6 Å². The van der Waals surface area contributed by atoms with Crippen molar-refractivity contribution in [2.75, 3.05) is 13.1 Å². The van der Waals surface area contributed by atoms with Crippen molar-refractivity contribution in [3.8, 4) is 0 Å². The molecule has 1 aromatic heterocycles. The number of fused-ring (bicyclic) bond motifs is 1. The fraction of sp³-hybridized carbons (Fsp3) is 0.231. The minimum absolute atomic E-state index is 0.172. The van der Waals surface area contributed by atoms with Gasteiger partial charge in [0.15, 0.2) is 0 Å². The van der Waals surface area contributed by atoms with Gasteiger partial charge in [0.05, 0.1) is 22.0 Å². The molecule has 1 atom stereocenters. The Hall–Kier alpha value is -3.49. The van der Waals surface area contributed by atoms with Crippen LogP contribution < -0.4 is 5.32 Å². The molecule has 0 fully saturated rings. The summed E-state index contributed by atoms with van der Waals surface area (Å²) in [5, 5.41) is 3.07. The number of H-pyrrole nitrogens is 1. The van der Waals surface area contributed by atoms with E-state index in [1.165, 1.54) is 16.4 Å². The number of aromatic nitrogens is 2. The first-order valence-corrected chi connectivity index (χ1v) is 12.8. The summed E-state index contributed by atoms with van der Waals surface area (Å²) in [6, 6.07) is 23.3. The number of hydrogen-bond donors (Lipinski definition) is 2. The third-order valence-electron chi connectivity index (χ3n) is 5.79. The molecule has 0 spiro atoms. The van der Waals surface area contributed by atoms with Crippen molar-refractivity contribution in [1.82, 2.24) is 19.6 Å². The fourth-order valence-corrected chi connectivity index (χ4v) is 5.39. The molecule has 176 valence electrons. The molecule has 4 aromatic rings. The van der Waals surface area contributed by atoms with Gasteiger partial charge in [0.1, 0.15) is 5.82 Å². The van der Waals surface area contributed by atoms with Gasteiger partial charge in [0, 0.05) is 18.7 Å². The van der Waals surface area contributed by atoms with Gasteiger partial charge >= 0.3 is 0 Å². The largest absolute Gasteiger partial charge is 0.342 e. The number of benzene rings is 3. The molecule has 3 aromatic carbocycles. The van der Waals surface area contributed by atoms with Gasteiger partial charge in [-0.05, 0) is 48.4 Å². The van der Waals surface area contributed by atoms with Crippen molar-refractivity contribution in [2.24, 2.45) is 0 Å². The first-order chi connectivity index (χ1) is 16.4. The third kappa shape index (κ3) is 5.03. The van der Waals surface area contributed by atoms with Crippen LogP contribution in [0.25, 0.3) is 11.0 Å². The molecule has 1 amide bonds. The molecule has 0 aliphatic rings. The Morgan fingerprint density at radius 3 is 2.24 bits per heavy atom. The summed E-state index contributed by atoms with van der Waals surface area (Å²) >= 11 is 0. The standard InChI is InChI=1S/C26H28N4O3S/c1-3-30(4-2)34(32,33)21-16-14-20(15-17-21)26(31)29-24(18-19-10-6-5-7-11-19)25-27-22-12-8-9-13-23(22)28-25/h5-17,24H,3-4,18H2,1-2H3,(H,27,28)(H,29,31)/t24-/m0/s1. The van der Waals surface area contributed by atoms with Gasteiger partial charge in [-0.2, -0.15) is 4.31 Å². The Labute approximate surface area is 199 Å². The number of carbonyl (C=O) groups excluding carboxylic acids is 1. The van der Waals surface area contributed by atoms with Crippen molar-refractivity contribution in [2.45, 2.75) is 31.2 Å². The lowest BCUT2D eigenvalue weighted by molar-refractivity contribution is 0.0934. The van der Waals surface area contributed by atoms with Gasteiger partial charge in [-0.25, -0.2) is 13.4 Å². The smallest absolute Gasteiger partial charge is 0.251 e. The van der Waals surface area contributed by atoms with Crippen molar-refractivity contribution >= 4 is 27.0 Å². The van der Waals surface area contributed by atoms with Crippen molar-refractivity contribution in [1.29, 1.82) is 0 Å². The highest BCUT2D eigenvalue weighted by Crippen LogP contribution is 2.21. The number of rotatable bonds is 9. The van der Waals surface area contributed by atoms with Crippen LogP contribution in [-0.2, 0) is 16.4 Å². The Morgan fingerprint density at radius 2 is 1.59 bits per heavy atom. The maximum atomic E-state index is 13.1. The lowest BCUT2D eigenvalue weighted by atomic mass is 10.0. The molecular weight excluding hydrogens is 448 g/mol. The van der Waals surface area contributed by atoms with E-state index in [9.17, 15) is 13.2 Å². The number of sulfonamides is 1. The molecule has 0 aliphatic carbocycles. The summed E-state index contributed by atoms with van der Waals surface area (Å²) in [6.07, 6.45) is 0.556. The van der Waals surface area contributed by atoms with E-state index in [0.717, 1.165) is 16.6 Å². The Bertz CT molecular complexity index is 1330. The highest BCUT2D eigenvalue weighted by atomic mass is 32.2. The highest BCUT2D eigenvalue weighted by Gasteiger charge is 2.23. The molecule has 0 aliphatic heterocycles. The van der Waals surface area contributed by atoms with Gasteiger partial charge in [0.2, 0.25) is 10.0 Å². The molecular formula is C26H28N4O3S. The van der Waals surface area contributed by atoms with E-state index in [1.54, 1.807) is 26.0 Å². The number of nitrogens with zero attached hydrogens (tertiary/aromatic N) is 2. The van der Waals surface area contributed by atoms with Crippen LogP contribution in [0.4, 0.5) is 0 Å². The van der Waals surface area contributed by atoms with E-state index >= 15 is 0 Å². The van der Waals surface area contributed by atoms with Crippen LogP contribution >= 0.6 is 0 Å². The topological polar surface area (TPSA) is 95.2 Å². The number of carbonyl (C=O) groups is 1. The predicted molar refractivity (Wildman–Crippen MR) is 133 cm³/mol. The van der Waals surface area contributed by atoms with E-state index in [-0.39, 0.29) is 16.8 Å². The number of para-hydroxylation sites is 2. The second-order valence-corrected chi connectivity index (χ2v) is 9.91. The zero-order chi connectivity index (χ0) is 24.1. The zero-order valence-corrected chi connectivity index (χ0v) is 20.0. The summed E-state index contributed by atoms with van der Waals surface area (Å²) in [7, 11) is -3.58. The Balaban J connectivity index is 1.59. The minimum Gasteiger partial charge on any atom is -0.342 e. The van der Waals surface area contributed by atoms with E-state index in [1.807, 2.05) is 54.6 Å². The van der Waals surface area contributed by atoms with E-state index in [2.05, 4.69) is 15.3 Å². The first kappa shape index (κ1) is 23.7. The molecule has 34 heavy (non-hydrogen) atoms. The highest BCUT2D eigenvalue weighted by molar-refractivity contribution is 7.89. The number of imidazole rings is 1. The molecule has 2 N–H and O–H groups in total. The Kier molecular flexibility index (Phi) is 7.09. The molecule has 0 bridgehead atoms. The molecule has 1 heterocycles. The lowest BCUT2D eigenvalue weighted by Gasteiger charge is -2.19. The summed E-state index contributed by atoms with van der Waals surface area (Å²) in [4.78, 5) is 21.3. The maximum absolute atomic E-state index is 13.1. The first-order valence-electron chi connectivity index (χ1n) is 11.3.